The third-order valence-corrected chi connectivity index (χ3v) is 7.07. The third-order valence-electron chi connectivity index (χ3n) is 5.03. The zero-order valence-corrected chi connectivity index (χ0v) is 19.1. The zero-order chi connectivity index (χ0) is 23.4. The van der Waals surface area contributed by atoms with Crippen LogP contribution in [-0.4, -0.2) is 39.5 Å². The van der Waals surface area contributed by atoms with E-state index in [0.717, 1.165) is 10.5 Å². The van der Waals surface area contributed by atoms with Crippen LogP contribution in [0.1, 0.15) is 23.6 Å². The summed E-state index contributed by atoms with van der Waals surface area (Å²) < 4.78 is 0.654. The first-order chi connectivity index (χ1) is 15.9. The van der Waals surface area contributed by atoms with Crippen molar-refractivity contribution in [2.24, 2.45) is 0 Å². The highest BCUT2D eigenvalue weighted by Gasteiger charge is 2.49. The molecule has 0 radical (unpaired) electrons. The number of aromatic nitrogens is 2. The van der Waals surface area contributed by atoms with Crippen LogP contribution >= 0.6 is 23.1 Å². The van der Waals surface area contributed by atoms with Crippen LogP contribution in [0, 0.1) is 11.3 Å². The number of amides is 4. The van der Waals surface area contributed by atoms with E-state index in [1.807, 2.05) is 18.2 Å². The van der Waals surface area contributed by atoms with Gasteiger partial charge in [0.1, 0.15) is 12.1 Å². The lowest BCUT2D eigenvalue weighted by atomic mass is 9.92. The van der Waals surface area contributed by atoms with E-state index in [4.69, 9.17) is 5.26 Å². The van der Waals surface area contributed by atoms with Crippen LogP contribution < -0.4 is 10.6 Å². The second-order valence-electron chi connectivity index (χ2n) is 7.33. The molecule has 1 atom stereocenters. The van der Waals surface area contributed by atoms with Crippen molar-refractivity contribution in [2.75, 3.05) is 11.9 Å². The van der Waals surface area contributed by atoms with Gasteiger partial charge in [-0.15, -0.1) is 10.2 Å². The van der Waals surface area contributed by atoms with Crippen molar-refractivity contribution in [3.05, 3.63) is 71.3 Å². The molecule has 9 nitrogen and oxygen atoms in total. The Bertz CT molecular complexity index is 1240. The number of anilines is 1. The van der Waals surface area contributed by atoms with E-state index in [0.29, 0.717) is 21.2 Å². The van der Waals surface area contributed by atoms with E-state index >= 15 is 0 Å². The lowest BCUT2D eigenvalue weighted by molar-refractivity contribution is -0.133. The number of thioether (sulfide) groups is 1. The Morgan fingerprint density at radius 3 is 2.61 bits per heavy atom. The Hall–Kier alpha value is -3.75. The summed E-state index contributed by atoms with van der Waals surface area (Å²) in [5, 5.41) is 22.4. The van der Waals surface area contributed by atoms with Crippen molar-refractivity contribution in [3.63, 3.8) is 0 Å². The van der Waals surface area contributed by atoms with Crippen molar-refractivity contribution in [3.8, 4) is 6.07 Å². The maximum atomic E-state index is 12.9. The molecule has 1 aliphatic heterocycles. The molecule has 166 valence electrons. The van der Waals surface area contributed by atoms with Crippen LogP contribution in [0.5, 0.6) is 0 Å². The minimum absolute atomic E-state index is 0.278. The first-order valence-corrected chi connectivity index (χ1v) is 11.6. The Kier molecular flexibility index (Phi) is 6.39. The van der Waals surface area contributed by atoms with Gasteiger partial charge in [-0.25, -0.2) is 4.79 Å². The number of carbonyl (C=O) groups is 3. The molecule has 2 N–H and O–H groups in total. The van der Waals surface area contributed by atoms with Gasteiger partial charge >= 0.3 is 6.03 Å². The molecule has 3 aromatic rings. The summed E-state index contributed by atoms with van der Waals surface area (Å²) in [7, 11) is 0. The molecule has 4 amide bonds. The van der Waals surface area contributed by atoms with Crippen LogP contribution in [0.4, 0.5) is 9.93 Å². The lowest BCUT2D eigenvalue weighted by Gasteiger charge is -2.21. The van der Waals surface area contributed by atoms with Gasteiger partial charge in [-0.05, 0) is 30.2 Å². The minimum Gasteiger partial charge on any atom is -0.319 e. The summed E-state index contributed by atoms with van der Waals surface area (Å²) in [5.74, 6) is -0.408. The van der Waals surface area contributed by atoms with Crippen molar-refractivity contribution < 1.29 is 14.4 Å². The summed E-state index contributed by atoms with van der Waals surface area (Å²) in [6.45, 7) is 1.18. The molecule has 0 spiro atoms. The van der Waals surface area contributed by atoms with Gasteiger partial charge in [-0.1, -0.05) is 65.6 Å². The topological polar surface area (TPSA) is 128 Å². The summed E-state index contributed by atoms with van der Waals surface area (Å²) >= 11 is 2.64. The van der Waals surface area contributed by atoms with Gasteiger partial charge in [-0.3, -0.25) is 19.8 Å². The van der Waals surface area contributed by atoms with E-state index in [1.165, 1.54) is 23.1 Å². The van der Waals surface area contributed by atoms with E-state index in [9.17, 15) is 14.4 Å². The van der Waals surface area contributed by atoms with Crippen molar-refractivity contribution >= 4 is 46.1 Å². The van der Waals surface area contributed by atoms with E-state index in [1.54, 1.807) is 43.3 Å². The molecule has 0 bridgehead atoms. The quantitative estimate of drug-likeness (QED) is 0.303. The van der Waals surface area contributed by atoms with Gasteiger partial charge in [0.05, 0.1) is 11.6 Å². The third kappa shape index (κ3) is 4.87. The van der Waals surface area contributed by atoms with Gasteiger partial charge in [0, 0.05) is 5.75 Å². The molecule has 1 unspecified atom stereocenters. The number of nitrogens with zero attached hydrogens (tertiary/aromatic N) is 4. The number of imide groups is 1. The maximum absolute atomic E-state index is 12.9. The number of hydrogen-bond acceptors (Lipinski definition) is 8. The number of rotatable bonds is 7. The molecule has 2 aromatic carbocycles. The Morgan fingerprint density at radius 1 is 1.18 bits per heavy atom. The monoisotopic (exact) mass is 478 g/mol. The summed E-state index contributed by atoms with van der Waals surface area (Å²) in [6, 6.07) is 17.6. The van der Waals surface area contributed by atoms with Crippen LogP contribution in [0.25, 0.3) is 0 Å². The van der Waals surface area contributed by atoms with Crippen molar-refractivity contribution in [1.82, 2.24) is 20.4 Å². The highest BCUT2D eigenvalue weighted by molar-refractivity contribution is 8.00. The van der Waals surface area contributed by atoms with Gasteiger partial charge in [0.2, 0.25) is 11.0 Å². The Morgan fingerprint density at radius 2 is 1.91 bits per heavy atom. The Balaban J connectivity index is 1.33. The fourth-order valence-corrected chi connectivity index (χ4v) is 4.97. The normalized spacial score (nSPS) is 17.5. The van der Waals surface area contributed by atoms with Crippen LogP contribution in [0.15, 0.2) is 58.9 Å². The van der Waals surface area contributed by atoms with Gasteiger partial charge < -0.3 is 5.32 Å². The number of carbonyl (C=O) groups excluding carboxylic acids is 3. The number of hydrogen-bond donors (Lipinski definition) is 2. The van der Waals surface area contributed by atoms with Crippen LogP contribution in [0.2, 0.25) is 0 Å². The number of nitriles is 1. The minimum atomic E-state index is -1.23. The van der Waals surface area contributed by atoms with Gasteiger partial charge in [0.25, 0.3) is 5.91 Å². The average Bonchev–Trinajstić information content (AvgIpc) is 3.36. The zero-order valence-electron chi connectivity index (χ0n) is 17.4. The molecule has 1 fully saturated rings. The molecule has 33 heavy (non-hydrogen) atoms. The summed E-state index contributed by atoms with van der Waals surface area (Å²) in [5.41, 5.74) is 1.04. The highest BCUT2D eigenvalue weighted by atomic mass is 32.2. The smallest absolute Gasteiger partial charge is 0.319 e. The average molecular weight is 479 g/mol. The molecule has 11 heteroatoms. The molecule has 2 heterocycles. The largest absolute Gasteiger partial charge is 0.325 e. The standard InChI is InChI=1S/C22H18N6O3S2/c1-22(16-5-3-2-4-6-16)18(30)28(20(31)25-22)12-17(29)24-19-26-27-21(33-19)32-13-15-9-7-14(11-23)8-10-15/h2-10H,12-13H2,1H3,(H,25,31)(H,24,26,29). The number of nitrogens with one attached hydrogen (secondary N) is 2. The van der Waals surface area contributed by atoms with Crippen LogP contribution in [-0.2, 0) is 20.9 Å². The fraction of sp³-hybridized carbons (Fsp3) is 0.182. The fourth-order valence-electron chi connectivity index (χ4n) is 3.25. The van der Waals surface area contributed by atoms with Gasteiger partial charge in [-0.2, -0.15) is 5.26 Å². The molecule has 1 aliphatic rings. The second-order valence-corrected chi connectivity index (χ2v) is 9.53. The van der Waals surface area contributed by atoms with Gasteiger partial charge in [0.15, 0.2) is 4.34 Å². The predicted octanol–water partition coefficient (Wildman–Crippen LogP) is 3.11. The highest BCUT2D eigenvalue weighted by Crippen LogP contribution is 2.30. The Labute approximate surface area is 197 Å². The summed E-state index contributed by atoms with van der Waals surface area (Å²) in [4.78, 5) is 38.7. The molecule has 1 aromatic heterocycles. The lowest BCUT2D eigenvalue weighted by Crippen LogP contribution is -2.42. The molecular weight excluding hydrogens is 460 g/mol. The molecular formula is C22H18N6O3S2. The van der Waals surface area contributed by atoms with E-state index < -0.39 is 29.9 Å². The maximum Gasteiger partial charge on any atom is 0.325 e. The first kappa shape index (κ1) is 22.4. The summed E-state index contributed by atoms with van der Waals surface area (Å²) in [6.07, 6.45) is 0. The predicted molar refractivity (Wildman–Crippen MR) is 123 cm³/mol. The van der Waals surface area contributed by atoms with Crippen molar-refractivity contribution in [2.45, 2.75) is 22.6 Å². The second kappa shape index (κ2) is 9.40. The van der Waals surface area contributed by atoms with Crippen molar-refractivity contribution in [1.29, 1.82) is 5.26 Å². The molecule has 0 aliphatic carbocycles. The van der Waals surface area contributed by atoms with E-state index in [2.05, 4.69) is 26.9 Å². The molecule has 4 rings (SSSR count). The number of benzene rings is 2. The molecule has 0 saturated carbocycles. The van der Waals surface area contributed by atoms with Crippen LogP contribution in [0.3, 0.4) is 0 Å². The SMILES string of the molecule is CC1(c2ccccc2)NC(=O)N(CC(=O)Nc2nnc(SCc3ccc(C#N)cc3)s2)C1=O. The number of urea groups is 1. The molecule has 1 saturated heterocycles. The van der Waals surface area contributed by atoms with E-state index in [-0.39, 0.29) is 5.13 Å². The first-order valence-electron chi connectivity index (χ1n) is 9.84.